The van der Waals surface area contributed by atoms with Crippen LogP contribution < -0.4 is 0 Å². The number of hydrogen-bond acceptors (Lipinski definition) is 2. The monoisotopic (exact) mass is 273 g/mol. The van der Waals surface area contributed by atoms with Crippen molar-refractivity contribution in [2.45, 2.75) is 18.2 Å². The topological polar surface area (TPSA) is 40.5 Å². The number of carbonyl (C=O) groups excluding carboxylic acids is 1. The number of benzene rings is 1. The third-order valence-corrected chi connectivity index (χ3v) is 3.57. The van der Waals surface area contributed by atoms with Gasteiger partial charge in [0.25, 0.3) is 5.91 Å². The maximum absolute atomic E-state index is 12.1. The summed E-state index contributed by atoms with van der Waals surface area (Å²) in [6.07, 6.45) is 1.57. The van der Waals surface area contributed by atoms with E-state index in [1.54, 1.807) is 11.0 Å². The van der Waals surface area contributed by atoms with E-state index in [0.29, 0.717) is 18.1 Å². The van der Waals surface area contributed by atoms with Crippen molar-refractivity contribution in [1.29, 1.82) is 0 Å². The molecule has 0 unspecified atom stereocenters. The Morgan fingerprint density at radius 3 is 2.65 bits per heavy atom. The normalized spacial score (nSPS) is 17.2. The number of phenols is 1. The van der Waals surface area contributed by atoms with Gasteiger partial charge in [0.1, 0.15) is 5.75 Å². The average molecular weight is 274 g/mol. The van der Waals surface area contributed by atoms with E-state index in [0.717, 1.165) is 12.8 Å². The third kappa shape index (κ3) is 2.85. The second kappa shape index (κ2) is 5.15. The van der Waals surface area contributed by atoms with Crippen molar-refractivity contribution in [1.82, 2.24) is 4.90 Å². The lowest BCUT2D eigenvalue weighted by atomic mass is 10.1. The van der Waals surface area contributed by atoms with Crippen LogP contribution in [0.3, 0.4) is 0 Å². The molecule has 0 bridgehead atoms. The first-order valence-corrected chi connectivity index (χ1v) is 6.31. The van der Waals surface area contributed by atoms with Crippen LogP contribution in [0.5, 0.6) is 5.75 Å². The van der Waals surface area contributed by atoms with Gasteiger partial charge in [-0.15, -0.1) is 11.6 Å². The van der Waals surface area contributed by atoms with Crippen LogP contribution in [0.15, 0.2) is 18.2 Å². The van der Waals surface area contributed by atoms with Crippen LogP contribution >= 0.6 is 23.2 Å². The molecule has 3 nitrogen and oxygen atoms in total. The highest BCUT2D eigenvalue weighted by atomic mass is 35.5. The number of carbonyl (C=O) groups is 1. The van der Waals surface area contributed by atoms with Crippen LogP contribution in [0.4, 0.5) is 0 Å². The highest BCUT2D eigenvalue weighted by molar-refractivity contribution is 6.31. The Kier molecular flexibility index (Phi) is 3.79. The first-order chi connectivity index (χ1) is 8.08. The van der Waals surface area contributed by atoms with Gasteiger partial charge in [-0.3, -0.25) is 4.79 Å². The zero-order valence-corrected chi connectivity index (χ0v) is 10.7. The van der Waals surface area contributed by atoms with Crippen LogP contribution in [-0.2, 0) is 0 Å². The molecule has 0 radical (unpaired) electrons. The fourth-order valence-corrected chi connectivity index (χ4v) is 2.27. The standard InChI is InChI=1S/C12H13Cl2NO2/c13-8-3-5-15(6-4-8)12(17)10-7-9(14)1-2-11(10)16/h1-2,7-8,16H,3-6H2. The first kappa shape index (κ1) is 12.5. The van der Waals surface area contributed by atoms with E-state index in [4.69, 9.17) is 23.2 Å². The van der Waals surface area contributed by atoms with Gasteiger partial charge in [0, 0.05) is 23.5 Å². The van der Waals surface area contributed by atoms with Gasteiger partial charge in [0.2, 0.25) is 0 Å². The first-order valence-electron chi connectivity index (χ1n) is 5.50. The van der Waals surface area contributed by atoms with Gasteiger partial charge in [-0.2, -0.15) is 0 Å². The number of aromatic hydroxyl groups is 1. The fraction of sp³-hybridized carbons (Fsp3) is 0.417. The number of nitrogens with zero attached hydrogens (tertiary/aromatic N) is 1. The summed E-state index contributed by atoms with van der Waals surface area (Å²) >= 11 is 11.8. The Labute approximate surface area is 110 Å². The number of alkyl halides is 1. The molecule has 1 heterocycles. The molecule has 1 aromatic carbocycles. The summed E-state index contributed by atoms with van der Waals surface area (Å²) in [5, 5.41) is 10.2. The SMILES string of the molecule is O=C(c1cc(Cl)ccc1O)N1CCC(Cl)CC1. The van der Waals surface area contributed by atoms with Gasteiger partial charge in [-0.25, -0.2) is 0 Å². The minimum atomic E-state index is -0.187. The highest BCUT2D eigenvalue weighted by Gasteiger charge is 2.24. The number of piperidine rings is 1. The number of rotatable bonds is 1. The molecule has 1 saturated heterocycles. The lowest BCUT2D eigenvalue weighted by Crippen LogP contribution is -2.38. The molecule has 1 fully saturated rings. The molecule has 1 aliphatic heterocycles. The maximum Gasteiger partial charge on any atom is 0.257 e. The largest absolute Gasteiger partial charge is 0.507 e. The quantitative estimate of drug-likeness (QED) is 0.800. The van der Waals surface area contributed by atoms with E-state index in [1.165, 1.54) is 12.1 Å². The number of likely N-dealkylation sites (tertiary alicyclic amines) is 1. The number of hydrogen-bond donors (Lipinski definition) is 1. The van der Waals surface area contributed by atoms with Gasteiger partial charge >= 0.3 is 0 Å². The van der Waals surface area contributed by atoms with Crippen molar-refractivity contribution in [3.63, 3.8) is 0 Å². The second-order valence-electron chi connectivity index (χ2n) is 4.13. The molecule has 0 saturated carbocycles. The molecule has 17 heavy (non-hydrogen) atoms. The molecule has 5 heteroatoms. The average Bonchev–Trinajstić information content (AvgIpc) is 2.32. The predicted molar refractivity (Wildman–Crippen MR) is 67.9 cm³/mol. The lowest BCUT2D eigenvalue weighted by molar-refractivity contribution is 0.0723. The van der Waals surface area contributed by atoms with Crippen LogP contribution in [0.25, 0.3) is 0 Å². The zero-order chi connectivity index (χ0) is 12.4. The van der Waals surface area contributed by atoms with Crippen LogP contribution in [0.2, 0.25) is 5.02 Å². The van der Waals surface area contributed by atoms with Gasteiger partial charge in [0.15, 0.2) is 0 Å². The minimum absolute atomic E-state index is 0.0348. The van der Waals surface area contributed by atoms with Crippen LogP contribution in [0.1, 0.15) is 23.2 Å². The fourth-order valence-electron chi connectivity index (χ4n) is 1.90. The number of amides is 1. The number of halogens is 2. The van der Waals surface area contributed by atoms with Crippen molar-refractivity contribution in [3.8, 4) is 5.75 Å². The van der Waals surface area contributed by atoms with Crippen molar-refractivity contribution >= 4 is 29.1 Å². The van der Waals surface area contributed by atoms with Crippen LogP contribution in [0, 0.1) is 0 Å². The van der Waals surface area contributed by atoms with Gasteiger partial charge in [-0.1, -0.05) is 11.6 Å². The molecule has 92 valence electrons. The summed E-state index contributed by atoms with van der Waals surface area (Å²) < 4.78 is 0. The molecule has 0 aromatic heterocycles. The van der Waals surface area contributed by atoms with E-state index >= 15 is 0 Å². The molecule has 0 aliphatic carbocycles. The second-order valence-corrected chi connectivity index (χ2v) is 5.18. The summed E-state index contributed by atoms with van der Waals surface area (Å²) in [5.41, 5.74) is 0.255. The van der Waals surface area contributed by atoms with Crippen molar-refractivity contribution in [2.24, 2.45) is 0 Å². The molecule has 1 amide bonds. The molecule has 0 spiro atoms. The van der Waals surface area contributed by atoms with E-state index in [1.807, 2.05) is 0 Å². The van der Waals surface area contributed by atoms with Gasteiger partial charge in [-0.05, 0) is 31.0 Å². The summed E-state index contributed by atoms with van der Waals surface area (Å²) in [6, 6.07) is 4.48. The van der Waals surface area contributed by atoms with E-state index < -0.39 is 0 Å². The van der Waals surface area contributed by atoms with E-state index in [-0.39, 0.29) is 22.6 Å². The molecule has 1 N–H and O–H groups in total. The van der Waals surface area contributed by atoms with Crippen LogP contribution in [-0.4, -0.2) is 34.4 Å². The third-order valence-electron chi connectivity index (χ3n) is 2.90. The Bertz CT molecular complexity index is 429. The Balaban J connectivity index is 2.16. The molecular weight excluding hydrogens is 261 g/mol. The van der Waals surface area contributed by atoms with E-state index in [2.05, 4.69) is 0 Å². The Hall–Kier alpha value is -0.930. The van der Waals surface area contributed by atoms with Crippen molar-refractivity contribution < 1.29 is 9.90 Å². The van der Waals surface area contributed by atoms with Crippen molar-refractivity contribution in [2.75, 3.05) is 13.1 Å². The molecule has 2 rings (SSSR count). The predicted octanol–water partition coefficient (Wildman–Crippen LogP) is 2.89. The van der Waals surface area contributed by atoms with E-state index in [9.17, 15) is 9.90 Å². The summed E-state index contributed by atoms with van der Waals surface area (Å²) in [6.45, 7) is 1.25. The smallest absolute Gasteiger partial charge is 0.257 e. The molecule has 1 aromatic rings. The molecule has 1 aliphatic rings. The summed E-state index contributed by atoms with van der Waals surface area (Å²) in [7, 11) is 0. The number of phenolic OH excluding ortho intramolecular Hbond substituents is 1. The minimum Gasteiger partial charge on any atom is -0.507 e. The highest BCUT2D eigenvalue weighted by Crippen LogP contribution is 2.25. The van der Waals surface area contributed by atoms with Crippen molar-refractivity contribution in [3.05, 3.63) is 28.8 Å². The lowest BCUT2D eigenvalue weighted by Gasteiger charge is -2.29. The van der Waals surface area contributed by atoms with Gasteiger partial charge in [0.05, 0.1) is 5.56 Å². The maximum atomic E-state index is 12.1. The summed E-state index contributed by atoms with van der Waals surface area (Å²) in [5.74, 6) is -0.221. The zero-order valence-electron chi connectivity index (χ0n) is 9.20. The molecule has 0 atom stereocenters. The Morgan fingerprint density at radius 2 is 2.00 bits per heavy atom. The molecular formula is C12H13Cl2NO2. The summed E-state index contributed by atoms with van der Waals surface area (Å²) in [4.78, 5) is 13.8. The van der Waals surface area contributed by atoms with Gasteiger partial charge < -0.3 is 10.0 Å². The Morgan fingerprint density at radius 1 is 1.35 bits per heavy atom.